The van der Waals surface area contributed by atoms with Gasteiger partial charge in [-0.25, -0.2) is 0 Å². The maximum absolute atomic E-state index is 12.7. The van der Waals surface area contributed by atoms with Gasteiger partial charge in [0.2, 0.25) is 5.91 Å². The molecule has 5 heteroatoms. The Kier molecular flexibility index (Phi) is 5.18. The lowest BCUT2D eigenvalue weighted by Gasteiger charge is -2.22. The van der Waals surface area contributed by atoms with E-state index in [1.54, 1.807) is 12.1 Å². The van der Waals surface area contributed by atoms with Crippen molar-refractivity contribution in [3.05, 3.63) is 48.5 Å². The lowest BCUT2D eigenvalue weighted by atomic mass is 10.2. The number of benzene rings is 2. The number of aromatic hydroxyl groups is 1. The van der Waals surface area contributed by atoms with Crippen LogP contribution in [0.25, 0.3) is 0 Å². The van der Waals surface area contributed by atoms with Crippen molar-refractivity contribution < 1.29 is 9.90 Å². The molecule has 0 unspecified atom stereocenters. The van der Waals surface area contributed by atoms with Crippen LogP contribution in [0.4, 0.5) is 5.69 Å². The molecule has 23 heavy (non-hydrogen) atoms. The van der Waals surface area contributed by atoms with Gasteiger partial charge >= 0.3 is 0 Å². The van der Waals surface area contributed by atoms with Crippen LogP contribution < -0.4 is 4.90 Å². The minimum Gasteiger partial charge on any atom is -0.508 e. The van der Waals surface area contributed by atoms with Crippen LogP contribution in [0.3, 0.4) is 0 Å². The van der Waals surface area contributed by atoms with Crippen molar-refractivity contribution in [3.63, 3.8) is 0 Å². The maximum Gasteiger partial charge on any atom is 0.237 e. The molecule has 3 nitrogen and oxygen atoms in total. The number of phenolic OH excluding ortho intramolecular Hbond substituents is 1. The van der Waals surface area contributed by atoms with Crippen molar-refractivity contribution in [3.8, 4) is 5.75 Å². The summed E-state index contributed by atoms with van der Waals surface area (Å²) in [4.78, 5) is 16.8. The molecular weight excluding hydrogens is 326 g/mol. The van der Waals surface area contributed by atoms with Gasteiger partial charge in [-0.1, -0.05) is 19.1 Å². The first-order chi connectivity index (χ1) is 11.1. The van der Waals surface area contributed by atoms with E-state index in [1.807, 2.05) is 47.0 Å². The van der Waals surface area contributed by atoms with E-state index in [-0.39, 0.29) is 11.7 Å². The van der Waals surface area contributed by atoms with Crippen molar-refractivity contribution in [1.29, 1.82) is 0 Å². The molecule has 3 rings (SSSR count). The van der Waals surface area contributed by atoms with Gasteiger partial charge in [0.25, 0.3) is 0 Å². The van der Waals surface area contributed by atoms with Crippen LogP contribution in [-0.4, -0.2) is 28.6 Å². The monoisotopic (exact) mass is 345 g/mol. The molecule has 1 aliphatic heterocycles. The minimum atomic E-state index is 0.130. The summed E-state index contributed by atoms with van der Waals surface area (Å²) >= 11 is 3.35. The SMILES string of the molecule is C[C@@H]1CCN(C(=O)CSc2ccc(O)cc2)c2ccccc2S1. The van der Waals surface area contributed by atoms with E-state index in [1.165, 1.54) is 16.7 Å². The van der Waals surface area contributed by atoms with E-state index < -0.39 is 0 Å². The van der Waals surface area contributed by atoms with E-state index in [2.05, 4.69) is 13.0 Å². The van der Waals surface area contributed by atoms with Crippen molar-refractivity contribution >= 4 is 35.1 Å². The summed E-state index contributed by atoms with van der Waals surface area (Å²) in [5.41, 5.74) is 1.03. The average Bonchev–Trinajstić information content (AvgIpc) is 2.72. The fourth-order valence-electron chi connectivity index (χ4n) is 2.51. The first-order valence-electron chi connectivity index (χ1n) is 7.61. The third-order valence-electron chi connectivity index (χ3n) is 3.74. The molecule has 1 atom stereocenters. The average molecular weight is 345 g/mol. The van der Waals surface area contributed by atoms with Gasteiger partial charge in [0.15, 0.2) is 0 Å². The van der Waals surface area contributed by atoms with E-state index in [4.69, 9.17) is 0 Å². The Morgan fingerprint density at radius 1 is 1.26 bits per heavy atom. The van der Waals surface area contributed by atoms with Crippen LogP contribution >= 0.6 is 23.5 Å². The first kappa shape index (κ1) is 16.3. The summed E-state index contributed by atoms with van der Waals surface area (Å²) < 4.78 is 0. The molecule has 0 saturated heterocycles. The number of nitrogens with zero attached hydrogens (tertiary/aromatic N) is 1. The molecule has 1 heterocycles. The zero-order valence-corrected chi connectivity index (χ0v) is 14.6. The van der Waals surface area contributed by atoms with Gasteiger partial charge in [0.05, 0.1) is 11.4 Å². The number of rotatable bonds is 3. The van der Waals surface area contributed by atoms with Gasteiger partial charge in [-0.3, -0.25) is 4.79 Å². The molecule has 0 saturated carbocycles. The van der Waals surface area contributed by atoms with Crippen molar-refractivity contribution in [2.45, 2.75) is 28.4 Å². The Balaban J connectivity index is 1.72. The normalized spacial score (nSPS) is 17.4. The van der Waals surface area contributed by atoms with E-state index in [0.717, 1.165) is 23.5 Å². The van der Waals surface area contributed by atoms with Crippen molar-refractivity contribution in [2.24, 2.45) is 0 Å². The summed E-state index contributed by atoms with van der Waals surface area (Å²) in [5, 5.41) is 9.83. The summed E-state index contributed by atoms with van der Waals surface area (Å²) in [6, 6.07) is 15.1. The predicted octanol–water partition coefficient (Wildman–Crippen LogP) is 4.40. The molecule has 0 fully saturated rings. The zero-order valence-electron chi connectivity index (χ0n) is 12.9. The highest BCUT2D eigenvalue weighted by atomic mass is 32.2. The summed E-state index contributed by atoms with van der Waals surface area (Å²) in [7, 11) is 0. The molecule has 2 aromatic rings. The number of hydrogen-bond donors (Lipinski definition) is 1. The Labute approximate surface area is 145 Å². The van der Waals surface area contributed by atoms with Crippen LogP contribution in [0.15, 0.2) is 58.3 Å². The third kappa shape index (κ3) is 4.03. The molecule has 1 N–H and O–H groups in total. The summed E-state index contributed by atoms with van der Waals surface area (Å²) in [6.45, 7) is 2.97. The molecule has 0 bridgehead atoms. The van der Waals surface area contributed by atoms with Crippen molar-refractivity contribution in [2.75, 3.05) is 17.2 Å². The van der Waals surface area contributed by atoms with Gasteiger partial charge < -0.3 is 10.0 Å². The highest BCUT2D eigenvalue weighted by Gasteiger charge is 2.23. The van der Waals surface area contributed by atoms with Crippen LogP contribution in [0.1, 0.15) is 13.3 Å². The number of hydrogen-bond acceptors (Lipinski definition) is 4. The van der Waals surface area contributed by atoms with Crippen LogP contribution in [0, 0.1) is 0 Å². The topological polar surface area (TPSA) is 40.5 Å². The second kappa shape index (κ2) is 7.32. The number of anilines is 1. The zero-order chi connectivity index (χ0) is 16.2. The van der Waals surface area contributed by atoms with Crippen LogP contribution in [0.5, 0.6) is 5.75 Å². The number of phenols is 1. The number of thioether (sulfide) groups is 2. The van der Waals surface area contributed by atoms with E-state index in [9.17, 15) is 9.90 Å². The molecule has 1 amide bonds. The lowest BCUT2D eigenvalue weighted by molar-refractivity contribution is -0.116. The number of carbonyl (C=O) groups excluding carboxylic acids is 1. The largest absolute Gasteiger partial charge is 0.508 e. The standard InChI is InChI=1S/C18H19NO2S2/c1-13-10-11-19(16-4-2-3-5-17(16)23-13)18(21)12-22-15-8-6-14(20)7-9-15/h2-9,13,20H,10-12H2,1H3/t13-/m1/s1. The Morgan fingerprint density at radius 2 is 2.00 bits per heavy atom. The lowest BCUT2D eigenvalue weighted by Crippen LogP contribution is -2.33. The molecule has 120 valence electrons. The quantitative estimate of drug-likeness (QED) is 0.837. The highest BCUT2D eigenvalue weighted by Crippen LogP contribution is 2.37. The molecular formula is C18H19NO2S2. The molecule has 0 radical (unpaired) electrons. The molecule has 2 aromatic carbocycles. The fraction of sp³-hybridized carbons (Fsp3) is 0.278. The van der Waals surface area contributed by atoms with Crippen molar-refractivity contribution in [1.82, 2.24) is 0 Å². The number of fused-ring (bicyclic) bond motifs is 1. The van der Waals surface area contributed by atoms with Crippen LogP contribution in [0.2, 0.25) is 0 Å². The Bertz CT molecular complexity index is 688. The van der Waals surface area contributed by atoms with Gasteiger partial charge in [-0.15, -0.1) is 23.5 Å². The second-order valence-corrected chi connectivity index (χ2v) is 8.04. The van der Waals surface area contributed by atoms with E-state index in [0.29, 0.717) is 11.0 Å². The number of amides is 1. The van der Waals surface area contributed by atoms with E-state index >= 15 is 0 Å². The molecule has 0 aliphatic carbocycles. The first-order valence-corrected chi connectivity index (χ1v) is 9.48. The highest BCUT2D eigenvalue weighted by molar-refractivity contribution is 8.00. The molecule has 0 spiro atoms. The second-order valence-electron chi connectivity index (χ2n) is 5.51. The predicted molar refractivity (Wildman–Crippen MR) is 97.6 cm³/mol. The number of carbonyl (C=O) groups is 1. The Morgan fingerprint density at radius 3 is 2.78 bits per heavy atom. The smallest absolute Gasteiger partial charge is 0.237 e. The number of para-hydroxylation sites is 1. The van der Waals surface area contributed by atoms with Gasteiger partial charge in [-0.2, -0.15) is 0 Å². The maximum atomic E-state index is 12.7. The van der Waals surface area contributed by atoms with Gasteiger partial charge in [-0.05, 0) is 42.8 Å². The minimum absolute atomic E-state index is 0.130. The molecule has 0 aromatic heterocycles. The Hall–Kier alpha value is -1.59. The van der Waals surface area contributed by atoms with Gasteiger partial charge in [0.1, 0.15) is 5.75 Å². The molecule has 1 aliphatic rings. The van der Waals surface area contributed by atoms with Crippen LogP contribution in [-0.2, 0) is 4.79 Å². The third-order valence-corrected chi connectivity index (χ3v) is 5.98. The summed E-state index contributed by atoms with van der Waals surface area (Å²) in [5.74, 6) is 0.774. The fourth-order valence-corrected chi connectivity index (χ4v) is 4.40. The van der Waals surface area contributed by atoms with Gasteiger partial charge in [0, 0.05) is 21.6 Å². The summed E-state index contributed by atoms with van der Waals surface area (Å²) in [6.07, 6.45) is 0.995.